The second-order valence-corrected chi connectivity index (χ2v) is 3.98. The van der Waals surface area contributed by atoms with Gasteiger partial charge in [0.25, 0.3) is 0 Å². The summed E-state index contributed by atoms with van der Waals surface area (Å²) in [7, 11) is -3.31. The fourth-order valence-electron chi connectivity index (χ4n) is 0.788. The van der Waals surface area contributed by atoms with Gasteiger partial charge in [0.1, 0.15) is 0 Å². The van der Waals surface area contributed by atoms with Crippen LogP contribution in [0.3, 0.4) is 0 Å². The highest BCUT2D eigenvalue weighted by Gasteiger charge is 2.07. The zero-order valence-electron chi connectivity index (χ0n) is 6.40. The van der Waals surface area contributed by atoms with E-state index in [1.54, 1.807) is 18.2 Å². The molecule has 0 aliphatic rings. The Hall–Kier alpha value is -1.31. The van der Waals surface area contributed by atoms with Gasteiger partial charge in [0, 0.05) is 0 Å². The normalized spacial score (nSPS) is 10.3. The maximum absolute atomic E-state index is 11.3. The van der Waals surface area contributed by atoms with E-state index in [1.165, 1.54) is 12.1 Å². The van der Waals surface area contributed by atoms with Crippen LogP contribution in [0, 0.1) is 0 Å². The highest BCUT2D eigenvalue weighted by atomic mass is 32.2. The molecular weight excluding hydrogens is 172 g/mol. The van der Waals surface area contributed by atoms with Gasteiger partial charge in [0.05, 0.1) is 10.3 Å². The Morgan fingerprint density at radius 3 is 2.33 bits per heavy atom. The first-order valence-corrected chi connectivity index (χ1v) is 4.87. The molecule has 0 heterocycles. The Kier molecular flexibility index (Phi) is 2.48. The van der Waals surface area contributed by atoms with E-state index in [0.29, 0.717) is 0 Å². The van der Waals surface area contributed by atoms with Crippen molar-refractivity contribution in [2.45, 2.75) is 4.90 Å². The number of rotatable bonds is 2. The van der Waals surface area contributed by atoms with Crippen molar-refractivity contribution in [1.82, 2.24) is 0 Å². The van der Waals surface area contributed by atoms with E-state index >= 15 is 0 Å². The van der Waals surface area contributed by atoms with Crippen molar-refractivity contribution in [2.75, 3.05) is 0 Å². The molecule has 2 nitrogen and oxygen atoms in total. The summed E-state index contributed by atoms with van der Waals surface area (Å²) in [5.41, 5.74) is 2.24. The van der Waals surface area contributed by atoms with Crippen molar-refractivity contribution in [2.24, 2.45) is 0 Å². The van der Waals surface area contributed by atoms with Gasteiger partial charge in [0.2, 0.25) is 9.84 Å². The summed E-state index contributed by atoms with van der Waals surface area (Å²) in [5, 5.41) is 0.961. The van der Waals surface area contributed by atoms with Gasteiger partial charge < -0.3 is 0 Å². The maximum atomic E-state index is 11.3. The number of hydrogen-bond acceptors (Lipinski definition) is 2. The fourth-order valence-corrected chi connectivity index (χ4v) is 1.68. The molecule has 0 aliphatic carbocycles. The summed E-state index contributed by atoms with van der Waals surface area (Å²) in [5.74, 6) is 0. The summed E-state index contributed by atoms with van der Waals surface area (Å²) in [4.78, 5) is 0.265. The molecule has 62 valence electrons. The third-order valence-corrected chi connectivity index (χ3v) is 2.72. The molecule has 0 aliphatic heterocycles. The van der Waals surface area contributed by atoms with Gasteiger partial charge in [-0.1, -0.05) is 24.8 Å². The molecule has 0 bridgehead atoms. The molecule has 0 spiro atoms. The highest BCUT2D eigenvalue weighted by Crippen LogP contribution is 2.09. The van der Waals surface area contributed by atoms with Crippen molar-refractivity contribution >= 4 is 9.84 Å². The van der Waals surface area contributed by atoms with Crippen molar-refractivity contribution < 1.29 is 8.42 Å². The number of sulfone groups is 1. The fraction of sp³-hybridized carbons (Fsp3) is 0. The SMILES string of the molecule is C=C=CS(=O)(=O)c1ccccc1. The van der Waals surface area contributed by atoms with Crippen LogP contribution in [0.4, 0.5) is 0 Å². The van der Waals surface area contributed by atoms with Gasteiger partial charge in [-0.3, -0.25) is 0 Å². The smallest absolute Gasteiger partial charge is 0.207 e. The minimum absolute atomic E-state index is 0.265. The molecule has 1 rings (SSSR count). The lowest BCUT2D eigenvalue weighted by atomic mass is 10.4. The molecule has 0 unspecified atom stereocenters. The minimum Gasteiger partial charge on any atom is -0.218 e. The first-order valence-electron chi connectivity index (χ1n) is 3.33. The van der Waals surface area contributed by atoms with Crippen LogP contribution in [0.1, 0.15) is 0 Å². The topological polar surface area (TPSA) is 34.1 Å². The molecule has 1 aromatic carbocycles. The first-order chi connectivity index (χ1) is 5.67. The van der Waals surface area contributed by atoms with Crippen LogP contribution < -0.4 is 0 Å². The van der Waals surface area contributed by atoms with Crippen LogP contribution >= 0.6 is 0 Å². The van der Waals surface area contributed by atoms with E-state index < -0.39 is 9.84 Å². The Bertz CT molecular complexity index is 397. The Morgan fingerprint density at radius 2 is 1.83 bits per heavy atom. The quantitative estimate of drug-likeness (QED) is 0.650. The average molecular weight is 180 g/mol. The van der Waals surface area contributed by atoms with E-state index in [4.69, 9.17) is 0 Å². The Labute approximate surface area is 71.8 Å². The molecule has 12 heavy (non-hydrogen) atoms. The summed E-state index contributed by atoms with van der Waals surface area (Å²) < 4.78 is 22.5. The third-order valence-electron chi connectivity index (χ3n) is 1.31. The minimum atomic E-state index is -3.31. The molecule has 3 heteroatoms. The summed E-state index contributed by atoms with van der Waals surface area (Å²) >= 11 is 0. The van der Waals surface area contributed by atoms with Crippen molar-refractivity contribution in [1.29, 1.82) is 0 Å². The van der Waals surface area contributed by atoms with Crippen LogP contribution in [-0.4, -0.2) is 8.42 Å². The van der Waals surface area contributed by atoms with Crippen LogP contribution in [0.5, 0.6) is 0 Å². The first kappa shape index (κ1) is 8.78. The van der Waals surface area contributed by atoms with Crippen molar-refractivity contribution in [3.05, 3.63) is 48.1 Å². The molecule has 0 saturated heterocycles. The second-order valence-electron chi connectivity index (χ2n) is 2.18. The average Bonchev–Trinajstić information content (AvgIpc) is 2.06. The largest absolute Gasteiger partial charge is 0.218 e. The summed E-state index contributed by atoms with van der Waals surface area (Å²) in [6.45, 7) is 3.21. The molecule has 0 atom stereocenters. The van der Waals surface area contributed by atoms with Gasteiger partial charge in [-0.05, 0) is 12.1 Å². The van der Waals surface area contributed by atoms with Crippen molar-refractivity contribution in [3.63, 3.8) is 0 Å². The zero-order valence-corrected chi connectivity index (χ0v) is 7.21. The standard InChI is InChI=1S/C9H8O2S/c1-2-8-12(10,11)9-6-4-3-5-7-9/h3-8H,1H2. The molecule has 0 saturated carbocycles. The predicted octanol–water partition coefficient (Wildman–Crippen LogP) is 1.76. The second kappa shape index (κ2) is 3.39. The third kappa shape index (κ3) is 1.84. The molecule has 1 aromatic rings. The van der Waals surface area contributed by atoms with Gasteiger partial charge in [-0.2, -0.15) is 0 Å². The van der Waals surface area contributed by atoms with E-state index in [1.807, 2.05) is 0 Å². The monoisotopic (exact) mass is 180 g/mol. The van der Waals surface area contributed by atoms with Crippen LogP contribution in [-0.2, 0) is 9.84 Å². The lowest BCUT2D eigenvalue weighted by molar-refractivity contribution is 0.604. The number of benzene rings is 1. The molecule has 0 fully saturated rings. The predicted molar refractivity (Wildman–Crippen MR) is 47.3 cm³/mol. The van der Waals surface area contributed by atoms with Gasteiger partial charge in [0.15, 0.2) is 0 Å². The van der Waals surface area contributed by atoms with E-state index in [2.05, 4.69) is 12.3 Å². The number of hydrogen-bond donors (Lipinski definition) is 0. The highest BCUT2D eigenvalue weighted by molar-refractivity contribution is 7.94. The maximum Gasteiger partial charge on any atom is 0.207 e. The van der Waals surface area contributed by atoms with E-state index in [0.717, 1.165) is 5.41 Å². The summed E-state index contributed by atoms with van der Waals surface area (Å²) in [6.07, 6.45) is 0. The van der Waals surface area contributed by atoms with Gasteiger partial charge in [-0.15, -0.1) is 5.73 Å². The van der Waals surface area contributed by atoms with Gasteiger partial charge >= 0.3 is 0 Å². The Morgan fingerprint density at radius 1 is 1.25 bits per heavy atom. The summed E-state index contributed by atoms with van der Waals surface area (Å²) in [6, 6.07) is 8.16. The molecular formula is C9H8O2S. The van der Waals surface area contributed by atoms with Crippen LogP contribution in [0.25, 0.3) is 0 Å². The lowest BCUT2D eigenvalue weighted by Crippen LogP contribution is -1.94. The zero-order chi connectivity index (χ0) is 9.03. The molecule has 0 amide bonds. The van der Waals surface area contributed by atoms with E-state index in [-0.39, 0.29) is 4.90 Å². The van der Waals surface area contributed by atoms with E-state index in [9.17, 15) is 8.42 Å². The Balaban J connectivity index is 3.25. The van der Waals surface area contributed by atoms with Gasteiger partial charge in [-0.25, -0.2) is 8.42 Å². The lowest BCUT2D eigenvalue weighted by Gasteiger charge is -1.94. The molecule has 0 radical (unpaired) electrons. The molecule has 0 N–H and O–H groups in total. The van der Waals surface area contributed by atoms with Crippen molar-refractivity contribution in [3.8, 4) is 0 Å². The van der Waals surface area contributed by atoms with Crippen LogP contribution in [0.2, 0.25) is 0 Å². The van der Waals surface area contributed by atoms with Crippen LogP contribution in [0.15, 0.2) is 52.9 Å². The molecule has 0 aromatic heterocycles.